The number of amides is 1. The fourth-order valence-corrected chi connectivity index (χ4v) is 6.18. The van der Waals surface area contributed by atoms with Gasteiger partial charge in [-0.05, 0) is 64.2 Å². The van der Waals surface area contributed by atoms with Gasteiger partial charge in [-0.1, -0.05) is 12.1 Å². The Labute approximate surface area is 233 Å². The van der Waals surface area contributed by atoms with Crippen LogP contribution in [0.2, 0.25) is 0 Å². The van der Waals surface area contributed by atoms with E-state index in [0.717, 1.165) is 42.6 Å². The van der Waals surface area contributed by atoms with Crippen molar-refractivity contribution in [3.63, 3.8) is 0 Å². The van der Waals surface area contributed by atoms with Crippen LogP contribution in [0.4, 0.5) is 15.0 Å². The molecule has 3 aliphatic rings. The predicted octanol–water partition coefficient (Wildman–Crippen LogP) is 5.61. The highest BCUT2D eigenvalue weighted by Gasteiger charge is 2.46. The molecule has 0 aliphatic carbocycles. The Hall–Kier alpha value is -3.95. The zero-order valence-corrected chi connectivity index (χ0v) is 23.5. The molecule has 2 unspecified atom stereocenters. The highest BCUT2D eigenvalue weighted by atomic mass is 19.1. The van der Waals surface area contributed by atoms with E-state index in [9.17, 15) is 4.79 Å². The zero-order chi connectivity index (χ0) is 28.2. The van der Waals surface area contributed by atoms with E-state index in [4.69, 9.17) is 19.2 Å². The van der Waals surface area contributed by atoms with E-state index in [2.05, 4.69) is 15.1 Å². The van der Waals surface area contributed by atoms with Gasteiger partial charge in [-0.3, -0.25) is 0 Å². The molecule has 9 nitrogen and oxygen atoms in total. The number of carbonyl (C=O) groups excluding carboxylic acids is 1. The van der Waals surface area contributed by atoms with Crippen molar-refractivity contribution >= 4 is 11.9 Å². The van der Waals surface area contributed by atoms with Gasteiger partial charge in [0.1, 0.15) is 23.8 Å². The summed E-state index contributed by atoms with van der Waals surface area (Å²) in [5.41, 5.74) is 2.49. The molecule has 3 aromatic rings. The van der Waals surface area contributed by atoms with Crippen LogP contribution in [0, 0.1) is 5.82 Å². The van der Waals surface area contributed by atoms with Gasteiger partial charge in [-0.2, -0.15) is 10.1 Å². The van der Waals surface area contributed by atoms with Crippen LogP contribution >= 0.6 is 0 Å². The number of ether oxygens (including phenoxy) is 3. The number of aromatic nitrogens is 3. The van der Waals surface area contributed by atoms with Crippen molar-refractivity contribution in [3.05, 3.63) is 47.9 Å². The summed E-state index contributed by atoms with van der Waals surface area (Å²) in [5, 5.41) is 7.78. The van der Waals surface area contributed by atoms with Crippen molar-refractivity contribution in [1.29, 1.82) is 0 Å². The molecule has 0 N–H and O–H groups in total. The van der Waals surface area contributed by atoms with E-state index in [1.165, 1.54) is 13.3 Å². The molecule has 1 aromatic carbocycles. The number of hydrogen-bond acceptors (Lipinski definition) is 8. The Morgan fingerprint density at radius 3 is 2.50 bits per heavy atom. The Morgan fingerprint density at radius 1 is 1.10 bits per heavy atom. The summed E-state index contributed by atoms with van der Waals surface area (Å²) in [4.78, 5) is 21.8. The number of anilines is 1. The summed E-state index contributed by atoms with van der Waals surface area (Å²) in [6, 6.07) is 9.78. The normalized spacial score (nSPS) is 21.2. The van der Waals surface area contributed by atoms with Gasteiger partial charge >= 0.3 is 6.09 Å². The Morgan fingerprint density at radius 2 is 1.80 bits per heavy atom. The maximum absolute atomic E-state index is 15.6. The molecule has 0 radical (unpaired) electrons. The number of rotatable bonds is 4. The molecule has 3 aliphatic heterocycles. The van der Waals surface area contributed by atoms with Crippen LogP contribution in [0.1, 0.15) is 52.0 Å². The van der Waals surface area contributed by atoms with Crippen molar-refractivity contribution < 1.29 is 23.4 Å². The average molecular weight is 548 g/mol. The van der Waals surface area contributed by atoms with Gasteiger partial charge in [0.25, 0.3) is 0 Å². The first-order valence-corrected chi connectivity index (χ1v) is 13.7. The zero-order valence-electron chi connectivity index (χ0n) is 23.5. The number of benzene rings is 1. The second-order valence-electron chi connectivity index (χ2n) is 11.8. The van der Waals surface area contributed by atoms with Crippen LogP contribution in [0.15, 0.2) is 36.5 Å². The van der Waals surface area contributed by atoms with Crippen molar-refractivity contribution in [2.45, 2.75) is 76.8 Å². The van der Waals surface area contributed by atoms with Gasteiger partial charge in [-0.15, -0.1) is 5.10 Å². The minimum atomic E-state index is -0.510. The fraction of sp³-hybridized carbons (Fsp3) is 0.467. The number of nitrogens with zero attached hydrogens (tertiary/aromatic N) is 5. The Bertz CT molecular complexity index is 1440. The maximum Gasteiger partial charge on any atom is 0.410 e. The van der Waals surface area contributed by atoms with E-state index < -0.39 is 5.60 Å². The van der Waals surface area contributed by atoms with E-state index >= 15 is 4.39 Å². The van der Waals surface area contributed by atoms with Gasteiger partial charge in [-0.25, -0.2) is 9.18 Å². The third kappa shape index (κ3) is 4.69. The maximum atomic E-state index is 15.6. The van der Waals surface area contributed by atoms with Crippen LogP contribution in [0.5, 0.6) is 11.8 Å². The summed E-state index contributed by atoms with van der Waals surface area (Å²) in [5.74, 6) is 1.25. The largest absolute Gasteiger partial charge is 0.480 e. The van der Waals surface area contributed by atoms with Crippen molar-refractivity contribution in [2.75, 3.05) is 19.1 Å². The Kier molecular flexibility index (Phi) is 6.51. The lowest BCUT2D eigenvalue weighted by molar-refractivity contribution is 0.00597. The molecule has 2 saturated heterocycles. The topological polar surface area (TPSA) is 89.9 Å². The van der Waals surface area contributed by atoms with E-state index in [-0.39, 0.29) is 36.6 Å². The van der Waals surface area contributed by atoms with Crippen LogP contribution in [0.25, 0.3) is 22.3 Å². The SMILES string of the molecule is COc1cc(-c2ccc3c(c2F)COc2nc(N(C)C4CC5CC[C@H](C4)N5C(=O)OC(C)(C)C)ccc2-3)cnn1. The van der Waals surface area contributed by atoms with Crippen molar-refractivity contribution in [1.82, 2.24) is 20.1 Å². The van der Waals surface area contributed by atoms with E-state index in [1.54, 1.807) is 12.1 Å². The molecule has 3 atom stereocenters. The molecule has 5 heterocycles. The number of pyridine rings is 1. The fourth-order valence-electron chi connectivity index (χ4n) is 6.18. The van der Waals surface area contributed by atoms with Crippen LogP contribution in [-0.2, 0) is 11.3 Å². The lowest BCUT2D eigenvalue weighted by Gasteiger charge is -2.42. The summed E-state index contributed by atoms with van der Waals surface area (Å²) in [7, 11) is 3.54. The minimum Gasteiger partial charge on any atom is -0.480 e. The first-order valence-electron chi connectivity index (χ1n) is 13.7. The van der Waals surface area contributed by atoms with Crippen LogP contribution < -0.4 is 14.4 Å². The van der Waals surface area contributed by atoms with Gasteiger partial charge in [0.15, 0.2) is 0 Å². The molecular formula is C30H34FN5O4. The number of piperidine rings is 1. The number of fused-ring (bicyclic) bond motifs is 5. The third-order valence-electron chi connectivity index (χ3n) is 8.11. The lowest BCUT2D eigenvalue weighted by atomic mass is 9.94. The van der Waals surface area contributed by atoms with E-state index in [1.807, 2.05) is 50.9 Å². The summed E-state index contributed by atoms with van der Waals surface area (Å²) in [6.07, 6.45) is 4.99. The second-order valence-corrected chi connectivity index (χ2v) is 11.8. The van der Waals surface area contributed by atoms with Gasteiger partial charge in [0, 0.05) is 53.5 Å². The minimum absolute atomic E-state index is 0.0796. The molecular weight excluding hydrogens is 513 g/mol. The standard InChI is InChI=1S/C30H34FN5O4/c1-30(2,3)40-29(37)36-18-6-7-19(36)14-20(13-18)35(4)25-11-10-23-22-9-8-21(17-12-26(38-5)34-32-15-17)27(31)24(22)16-39-28(23)33-25/h8-12,15,18-20H,6-7,13-14,16H2,1-5H3/t18-,19?,20?/m1/s1. The highest BCUT2D eigenvalue weighted by molar-refractivity contribution is 5.79. The molecule has 6 rings (SSSR count). The van der Waals surface area contributed by atoms with Gasteiger partial charge in [0.2, 0.25) is 11.8 Å². The molecule has 2 bridgehead atoms. The molecule has 0 saturated carbocycles. The molecule has 210 valence electrons. The van der Waals surface area contributed by atoms with Crippen molar-refractivity contribution in [3.8, 4) is 34.0 Å². The molecule has 1 amide bonds. The Balaban J connectivity index is 1.21. The lowest BCUT2D eigenvalue weighted by Crippen LogP contribution is -2.53. The summed E-state index contributed by atoms with van der Waals surface area (Å²) in [6.45, 7) is 5.78. The second kappa shape index (κ2) is 9.91. The highest BCUT2D eigenvalue weighted by Crippen LogP contribution is 2.43. The van der Waals surface area contributed by atoms with Crippen molar-refractivity contribution in [2.24, 2.45) is 0 Å². The number of halogens is 1. The quantitative estimate of drug-likeness (QED) is 0.416. The van der Waals surface area contributed by atoms with Crippen LogP contribution in [0.3, 0.4) is 0 Å². The first kappa shape index (κ1) is 26.3. The number of carbonyl (C=O) groups is 1. The van der Waals surface area contributed by atoms with E-state index in [0.29, 0.717) is 28.5 Å². The van der Waals surface area contributed by atoms with Gasteiger partial charge in [0.05, 0.1) is 13.3 Å². The molecule has 40 heavy (non-hydrogen) atoms. The molecule has 0 spiro atoms. The average Bonchev–Trinajstić information content (AvgIpc) is 3.21. The molecule has 2 aromatic heterocycles. The number of methoxy groups -OCH3 is 1. The predicted molar refractivity (Wildman–Crippen MR) is 148 cm³/mol. The summed E-state index contributed by atoms with van der Waals surface area (Å²) >= 11 is 0. The number of hydrogen-bond donors (Lipinski definition) is 0. The van der Waals surface area contributed by atoms with Crippen LogP contribution in [-0.4, -0.2) is 64.1 Å². The van der Waals surface area contributed by atoms with Gasteiger partial charge < -0.3 is 24.0 Å². The first-order chi connectivity index (χ1) is 19.1. The molecule has 10 heteroatoms. The monoisotopic (exact) mass is 547 g/mol. The smallest absolute Gasteiger partial charge is 0.410 e. The summed E-state index contributed by atoms with van der Waals surface area (Å²) < 4.78 is 32.5. The molecule has 2 fully saturated rings. The third-order valence-corrected chi connectivity index (χ3v) is 8.11.